The first kappa shape index (κ1) is 6.74. The fraction of sp³-hybridized carbons (Fsp3) is 0.333. The van der Waals surface area contributed by atoms with Crippen LogP contribution in [0, 0.1) is 0 Å². The van der Waals surface area contributed by atoms with E-state index in [9.17, 15) is 9.59 Å². The summed E-state index contributed by atoms with van der Waals surface area (Å²) < 4.78 is 0. The molecule has 0 heterocycles. The molecule has 0 spiro atoms. The van der Waals surface area contributed by atoms with Crippen LogP contribution < -0.4 is 16.2 Å². The summed E-state index contributed by atoms with van der Waals surface area (Å²) in [5.74, 6) is 0. The van der Waals surface area contributed by atoms with Crippen LogP contribution in [0.3, 0.4) is 0 Å². The maximum atomic E-state index is 10.1. The highest BCUT2D eigenvalue weighted by Crippen LogP contribution is 1.49. The molecule has 0 aromatic rings. The van der Waals surface area contributed by atoms with E-state index in [-0.39, 0.29) is 0 Å². The van der Waals surface area contributed by atoms with Gasteiger partial charge in [0.25, 0.3) is 0 Å². The van der Waals surface area contributed by atoms with Crippen molar-refractivity contribution in [2.45, 2.75) is 0 Å². The first-order chi connectivity index (χ1) is 3.81. The van der Waals surface area contributed by atoms with Crippen LogP contribution >= 0.6 is 0 Å². The minimum Gasteiger partial charge on any atom is -0.340 e. The van der Waals surface area contributed by atoms with Gasteiger partial charge in [0.05, 0.1) is 0 Å². The first-order valence-electron chi connectivity index (χ1n) is 1.98. The normalized spacial score (nSPS) is 7.12. The van der Waals surface area contributed by atoms with Crippen LogP contribution in [-0.4, -0.2) is 19.5 Å². The van der Waals surface area contributed by atoms with E-state index in [1.807, 2.05) is 10.9 Å². The molecule has 3 amide bonds. The van der Waals surface area contributed by atoms with Crippen molar-refractivity contribution >= 4 is 12.4 Å². The third-order valence-electron chi connectivity index (χ3n) is 0.472. The highest BCUT2D eigenvalue weighted by Gasteiger charge is 1.87. The number of carbonyl (C=O) groups excluding carboxylic acids is 2. The van der Waals surface area contributed by atoms with Crippen molar-refractivity contribution in [1.29, 1.82) is 0 Å². The van der Waals surface area contributed by atoms with Gasteiger partial charge in [0, 0.05) is 7.05 Å². The van der Waals surface area contributed by atoms with Gasteiger partial charge < -0.3 is 5.32 Å². The third kappa shape index (κ3) is 2.95. The molecule has 0 bridgehead atoms. The zero-order valence-electron chi connectivity index (χ0n) is 4.39. The highest BCUT2D eigenvalue weighted by molar-refractivity contribution is 5.74. The predicted octanol–water partition coefficient (Wildman–Crippen LogP) is -1.42. The molecule has 0 aromatic carbocycles. The van der Waals surface area contributed by atoms with Crippen molar-refractivity contribution < 1.29 is 9.59 Å². The second-order valence-electron chi connectivity index (χ2n) is 0.966. The van der Waals surface area contributed by atoms with E-state index >= 15 is 0 Å². The van der Waals surface area contributed by atoms with Crippen LogP contribution in [0.25, 0.3) is 0 Å². The lowest BCUT2D eigenvalue weighted by Crippen LogP contribution is -2.41. The highest BCUT2D eigenvalue weighted by atomic mass is 16.2. The second kappa shape index (κ2) is 3.91. The number of rotatable bonds is 2. The summed E-state index contributed by atoms with van der Waals surface area (Å²) in [6.45, 7) is 0. The van der Waals surface area contributed by atoms with Crippen molar-refractivity contribution in [1.82, 2.24) is 16.2 Å². The number of urea groups is 1. The Hall–Kier alpha value is -1.26. The lowest BCUT2D eigenvalue weighted by atomic mass is 11.0. The molecule has 46 valence electrons. The van der Waals surface area contributed by atoms with Crippen LogP contribution in [0.5, 0.6) is 0 Å². The zero-order valence-corrected chi connectivity index (χ0v) is 4.39. The summed E-state index contributed by atoms with van der Waals surface area (Å²) in [5.41, 5.74) is 3.97. The van der Waals surface area contributed by atoms with Gasteiger partial charge in [-0.3, -0.25) is 10.2 Å². The molecule has 5 heteroatoms. The van der Waals surface area contributed by atoms with Crippen molar-refractivity contribution in [2.75, 3.05) is 7.05 Å². The maximum absolute atomic E-state index is 10.1. The number of carbonyl (C=O) groups is 2. The smallest absolute Gasteiger partial charge is 0.333 e. The Labute approximate surface area is 46.4 Å². The molecule has 0 aromatic heterocycles. The minimum atomic E-state index is -0.447. The lowest BCUT2D eigenvalue weighted by molar-refractivity contribution is -0.110. The van der Waals surface area contributed by atoms with E-state index in [1.165, 1.54) is 7.05 Å². The minimum absolute atomic E-state index is 0.370. The monoisotopic (exact) mass is 117 g/mol. The van der Waals surface area contributed by atoms with Crippen molar-refractivity contribution in [2.24, 2.45) is 0 Å². The molecule has 0 unspecified atom stereocenters. The summed E-state index contributed by atoms with van der Waals surface area (Å²) in [5, 5.41) is 2.23. The van der Waals surface area contributed by atoms with Gasteiger partial charge in [-0.05, 0) is 0 Å². The van der Waals surface area contributed by atoms with E-state index in [1.54, 1.807) is 0 Å². The Morgan fingerprint density at radius 2 is 2.25 bits per heavy atom. The molecule has 5 nitrogen and oxygen atoms in total. The van der Waals surface area contributed by atoms with Crippen molar-refractivity contribution in [3.63, 3.8) is 0 Å². The van der Waals surface area contributed by atoms with Crippen LogP contribution in [0.4, 0.5) is 4.79 Å². The van der Waals surface area contributed by atoms with Gasteiger partial charge in [-0.2, -0.15) is 0 Å². The predicted molar refractivity (Wildman–Crippen MR) is 26.8 cm³/mol. The van der Waals surface area contributed by atoms with Gasteiger partial charge in [0.1, 0.15) is 0 Å². The molecule has 0 rings (SSSR count). The number of nitrogens with one attached hydrogen (secondary N) is 3. The molecule has 0 aliphatic carbocycles. The Balaban J connectivity index is 3.11. The number of hydrazine groups is 1. The van der Waals surface area contributed by atoms with E-state index in [0.29, 0.717) is 6.41 Å². The Morgan fingerprint density at radius 3 is 2.62 bits per heavy atom. The van der Waals surface area contributed by atoms with Gasteiger partial charge in [-0.25, -0.2) is 10.2 Å². The van der Waals surface area contributed by atoms with Crippen LogP contribution in [0.1, 0.15) is 0 Å². The second-order valence-corrected chi connectivity index (χ2v) is 0.966. The SMILES string of the molecule is CNC(=O)NNC=O. The molecule has 0 saturated heterocycles. The van der Waals surface area contributed by atoms with Crippen LogP contribution in [-0.2, 0) is 4.79 Å². The fourth-order valence-corrected chi connectivity index (χ4v) is 0.158. The van der Waals surface area contributed by atoms with Gasteiger partial charge in [-0.15, -0.1) is 0 Å². The molecule has 8 heavy (non-hydrogen) atoms. The average molecular weight is 117 g/mol. The maximum Gasteiger partial charge on any atom is 0.333 e. The van der Waals surface area contributed by atoms with Gasteiger partial charge >= 0.3 is 6.03 Å². The first-order valence-corrected chi connectivity index (χ1v) is 1.98. The molecule has 0 aliphatic heterocycles. The average Bonchev–Trinajstić information content (AvgIpc) is 1.83. The number of hydrogen-bond donors (Lipinski definition) is 3. The van der Waals surface area contributed by atoms with Crippen LogP contribution in [0.2, 0.25) is 0 Å². The van der Waals surface area contributed by atoms with E-state index in [4.69, 9.17) is 0 Å². The topological polar surface area (TPSA) is 70.2 Å². The van der Waals surface area contributed by atoms with E-state index in [2.05, 4.69) is 5.32 Å². The molecule has 0 aliphatic rings. The molecule has 0 radical (unpaired) electrons. The zero-order chi connectivity index (χ0) is 6.41. The summed E-state index contributed by atoms with van der Waals surface area (Å²) in [7, 11) is 1.45. The molecular formula is C3H7N3O2. The Bertz CT molecular complexity index is 92.5. The Kier molecular flexibility index (Phi) is 3.30. The van der Waals surface area contributed by atoms with Crippen molar-refractivity contribution in [3.8, 4) is 0 Å². The van der Waals surface area contributed by atoms with E-state index < -0.39 is 6.03 Å². The molecular weight excluding hydrogens is 110 g/mol. The largest absolute Gasteiger partial charge is 0.340 e. The standard InChI is InChI=1S/C3H7N3O2/c1-4-3(8)6-5-2-7/h2H,1H3,(H,5,7)(H2,4,6,8). The quantitative estimate of drug-likeness (QED) is 0.307. The van der Waals surface area contributed by atoms with Gasteiger partial charge in [0.15, 0.2) is 0 Å². The van der Waals surface area contributed by atoms with Gasteiger partial charge in [-0.1, -0.05) is 0 Å². The molecule has 0 saturated carbocycles. The molecule has 3 N–H and O–H groups in total. The number of amides is 3. The molecule has 0 atom stereocenters. The summed E-state index contributed by atoms with van der Waals surface area (Å²) in [6, 6.07) is -0.447. The van der Waals surface area contributed by atoms with E-state index in [0.717, 1.165) is 0 Å². The Morgan fingerprint density at radius 1 is 1.62 bits per heavy atom. The third-order valence-corrected chi connectivity index (χ3v) is 0.472. The van der Waals surface area contributed by atoms with Crippen LogP contribution in [0.15, 0.2) is 0 Å². The fourth-order valence-electron chi connectivity index (χ4n) is 0.158. The summed E-state index contributed by atoms with van der Waals surface area (Å²) in [4.78, 5) is 19.6. The summed E-state index contributed by atoms with van der Waals surface area (Å²) in [6.07, 6.45) is 0.370. The molecule has 0 fully saturated rings. The summed E-state index contributed by atoms with van der Waals surface area (Å²) >= 11 is 0. The number of hydrogen-bond acceptors (Lipinski definition) is 2. The van der Waals surface area contributed by atoms with Crippen molar-refractivity contribution in [3.05, 3.63) is 0 Å². The van der Waals surface area contributed by atoms with Gasteiger partial charge in [0.2, 0.25) is 6.41 Å². The lowest BCUT2D eigenvalue weighted by Gasteiger charge is -1.97.